The number of carbonyl (C=O) groups excluding carboxylic acids is 2. The molecule has 0 aliphatic heterocycles. The first-order chi connectivity index (χ1) is 12.5. The second kappa shape index (κ2) is 9.36. The summed E-state index contributed by atoms with van der Waals surface area (Å²) in [6.45, 7) is 0.461. The van der Waals surface area contributed by atoms with Crippen LogP contribution in [0.5, 0.6) is 5.75 Å². The van der Waals surface area contributed by atoms with Crippen molar-refractivity contribution in [1.82, 2.24) is 16.0 Å². The van der Waals surface area contributed by atoms with E-state index in [0.717, 1.165) is 12.1 Å². The Morgan fingerprint density at radius 1 is 0.846 bits per heavy atom. The summed E-state index contributed by atoms with van der Waals surface area (Å²) in [5.74, 6) is -1.56. The molecule has 0 aliphatic rings. The lowest BCUT2D eigenvalue weighted by Gasteiger charge is -2.09. The molecule has 2 rings (SSSR count). The molecule has 2 aromatic carbocycles. The number of aromatic hydroxyl groups is 1. The highest BCUT2D eigenvalue weighted by molar-refractivity contribution is 5.94. The van der Waals surface area contributed by atoms with Gasteiger partial charge in [-0.15, -0.1) is 0 Å². The Morgan fingerprint density at radius 3 is 2.08 bits per heavy atom. The van der Waals surface area contributed by atoms with E-state index in [2.05, 4.69) is 16.0 Å². The molecule has 0 aliphatic carbocycles. The van der Waals surface area contributed by atoms with Gasteiger partial charge in [0.15, 0.2) is 0 Å². The van der Waals surface area contributed by atoms with Crippen molar-refractivity contribution < 1.29 is 23.5 Å². The Morgan fingerprint density at radius 2 is 1.42 bits per heavy atom. The summed E-state index contributed by atoms with van der Waals surface area (Å²) < 4.78 is 26.9. The van der Waals surface area contributed by atoms with E-state index in [1.54, 1.807) is 0 Å². The van der Waals surface area contributed by atoms with Gasteiger partial charge in [-0.3, -0.25) is 4.79 Å². The van der Waals surface area contributed by atoms with Crippen LogP contribution in [0.4, 0.5) is 13.6 Å². The summed E-state index contributed by atoms with van der Waals surface area (Å²) >= 11 is 0. The van der Waals surface area contributed by atoms with Crippen molar-refractivity contribution in [3.05, 3.63) is 65.2 Å². The standard InChI is InChI=1S/C18H19F2N3O3/c19-15-2-1-3-16(20)14(15)8-9-22-18(26)23-11-10-21-17(25)12-4-6-13(24)7-5-12/h1-7,24H,8-11H2,(H,21,25)(H2,22,23,26). The monoisotopic (exact) mass is 363 g/mol. The third-order valence-electron chi connectivity index (χ3n) is 3.55. The van der Waals surface area contributed by atoms with Crippen LogP contribution >= 0.6 is 0 Å². The van der Waals surface area contributed by atoms with Crippen LogP contribution in [0.15, 0.2) is 42.5 Å². The van der Waals surface area contributed by atoms with Gasteiger partial charge < -0.3 is 21.1 Å². The number of hydrogen-bond donors (Lipinski definition) is 4. The molecule has 0 unspecified atom stereocenters. The summed E-state index contributed by atoms with van der Waals surface area (Å²) in [6.07, 6.45) is 0.0313. The maximum Gasteiger partial charge on any atom is 0.314 e. The molecule has 4 N–H and O–H groups in total. The van der Waals surface area contributed by atoms with E-state index in [0.29, 0.717) is 5.56 Å². The smallest absolute Gasteiger partial charge is 0.314 e. The molecule has 0 bridgehead atoms. The first-order valence-corrected chi connectivity index (χ1v) is 7.99. The largest absolute Gasteiger partial charge is 0.508 e. The molecule has 8 heteroatoms. The Labute approximate surface area is 149 Å². The van der Waals surface area contributed by atoms with Crippen LogP contribution in [0.25, 0.3) is 0 Å². The van der Waals surface area contributed by atoms with E-state index >= 15 is 0 Å². The number of nitrogens with one attached hydrogen (secondary N) is 3. The molecule has 0 saturated carbocycles. The maximum absolute atomic E-state index is 13.4. The number of benzene rings is 2. The zero-order valence-electron chi connectivity index (χ0n) is 13.9. The van der Waals surface area contributed by atoms with Crippen molar-refractivity contribution in [2.45, 2.75) is 6.42 Å². The Kier molecular flexibility index (Phi) is 6.90. The van der Waals surface area contributed by atoms with E-state index in [9.17, 15) is 18.4 Å². The van der Waals surface area contributed by atoms with Gasteiger partial charge in [-0.2, -0.15) is 0 Å². The SMILES string of the molecule is O=C(NCCNC(=O)c1ccc(O)cc1)NCCc1c(F)cccc1F. The average Bonchev–Trinajstić information content (AvgIpc) is 2.61. The van der Waals surface area contributed by atoms with E-state index in [1.807, 2.05) is 0 Å². The number of phenols is 1. The van der Waals surface area contributed by atoms with E-state index in [-0.39, 0.29) is 43.3 Å². The third-order valence-corrected chi connectivity index (χ3v) is 3.55. The minimum Gasteiger partial charge on any atom is -0.508 e. The highest BCUT2D eigenvalue weighted by Gasteiger charge is 2.09. The van der Waals surface area contributed by atoms with Gasteiger partial charge in [-0.25, -0.2) is 13.6 Å². The Bertz CT molecular complexity index is 747. The van der Waals surface area contributed by atoms with Crippen LogP contribution in [-0.2, 0) is 6.42 Å². The highest BCUT2D eigenvalue weighted by Crippen LogP contribution is 2.12. The molecule has 0 saturated heterocycles. The van der Waals surface area contributed by atoms with Crippen LogP contribution < -0.4 is 16.0 Å². The molecule has 138 valence electrons. The van der Waals surface area contributed by atoms with Crippen LogP contribution in [-0.4, -0.2) is 36.7 Å². The molecular formula is C18H19F2N3O3. The van der Waals surface area contributed by atoms with Crippen molar-refractivity contribution in [3.63, 3.8) is 0 Å². The molecule has 0 aromatic heterocycles. The molecule has 0 spiro atoms. The van der Waals surface area contributed by atoms with E-state index < -0.39 is 17.7 Å². The number of phenolic OH excluding ortho intramolecular Hbond substituents is 1. The number of halogens is 2. The van der Waals surface area contributed by atoms with Gasteiger partial charge in [0.1, 0.15) is 17.4 Å². The molecule has 2 aromatic rings. The molecule has 3 amide bonds. The quantitative estimate of drug-likeness (QED) is 0.567. The van der Waals surface area contributed by atoms with Crippen LogP contribution in [0, 0.1) is 11.6 Å². The van der Waals surface area contributed by atoms with Crippen molar-refractivity contribution in [3.8, 4) is 5.75 Å². The van der Waals surface area contributed by atoms with Crippen LogP contribution in [0.2, 0.25) is 0 Å². The topological polar surface area (TPSA) is 90.5 Å². The molecule has 6 nitrogen and oxygen atoms in total. The molecule has 0 heterocycles. The molecule has 0 fully saturated rings. The summed E-state index contributed by atoms with van der Waals surface area (Å²) in [5, 5.41) is 16.8. The minimum absolute atomic E-state index is 0.0313. The fourth-order valence-electron chi connectivity index (χ4n) is 2.20. The van der Waals surface area contributed by atoms with Crippen molar-refractivity contribution >= 4 is 11.9 Å². The van der Waals surface area contributed by atoms with E-state index in [1.165, 1.54) is 30.3 Å². The summed E-state index contributed by atoms with van der Waals surface area (Å²) in [4.78, 5) is 23.4. The zero-order valence-corrected chi connectivity index (χ0v) is 13.9. The molecule has 0 radical (unpaired) electrons. The van der Waals surface area contributed by atoms with Crippen LogP contribution in [0.3, 0.4) is 0 Å². The zero-order chi connectivity index (χ0) is 18.9. The van der Waals surface area contributed by atoms with Gasteiger partial charge >= 0.3 is 6.03 Å². The van der Waals surface area contributed by atoms with Gasteiger partial charge in [0.25, 0.3) is 5.91 Å². The third kappa shape index (κ3) is 5.73. The fourth-order valence-corrected chi connectivity index (χ4v) is 2.20. The maximum atomic E-state index is 13.4. The number of urea groups is 1. The average molecular weight is 363 g/mol. The van der Waals surface area contributed by atoms with Gasteiger partial charge in [0.2, 0.25) is 0 Å². The second-order valence-corrected chi connectivity index (χ2v) is 5.44. The summed E-state index contributed by atoms with van der Waals surface area (Å²) in [6, 6.07) is 8.86. The Hall–Kier alpha value is -3.16. The number of hydrogen-bond acceptors (Lipinski definition) is 3. The van der Waals surface area contributed by atoms with Gasteiger partial charge in [0, 0.05) is 30.8 Å². The minimum atomic E-state index is -0.649. The van der Waals surface area contributed by atoms with Crippen molar-refractivity contribution in [1.29, 1.82) is 0 Å². The van der Waals surface area contributed by atoms with E-state index in [4.69, 9.17) is 5.11 Å². The lowest BCUT2D eigenvalue weighted by molar-refractivity contribution is 0.0954. The highest BCUT2D eigenvalue weighted by atomic mass is 19.1. The predicted molar refractivity (Wildman–Crippen MR) is 91.9 cm³/mol. The molecular weight excluding hydrogens is 344 g/mol. The van der Waals surface area contributed by atoms with Gasteiger partial charge in [0.05, 0.1) is 0 Å². The van der Waals surface area contributed by atoms with Crippen molar-refractivity contribution in [2.24, 2.45) is 0 Å². The van der Waals surface area contributed by atoms with Gasteiger partial charge in [-0.05, 0) is 42.8 Å². The lowest BCUT2D eigenvalue weighted by Crippen LogP contribution is -2.41. The normalized spacial score (nSPS) is 10.2. The fraction of sp³-hybridized carbons (Fsp3) is 0.222. The van der Waals surface area contributed by atoms with Gasteiger partial charge in [-0.1, -0.05) is 6.07 Å². The second-order valence-electron chi connectivity index (χ2n) is 5.44. The first kappa shape index (κ1) is 19.2. The first-order valence-electron chi connectivity index (χ1n) is 7.99. The molecule has 26 heavy (non-hydrogen) atoms. The summed E-state index contributed by atoms with van der Waals surface area (Å²) in [7, 11) is 0. The number of rotatable bonds is 7. The number of carbonyl (C=O) groups is 2. The number of amides is 3. The predicted octanol–water partition coefficient (Wildman–Crippen LogP) is 1.94. The lowest BCUT2D eigenvalue weighted by atomic mass is 10.1. The van der Waals surface area contributed by atoms with Crippen molar-refractivity contribution in [2.75, 3.05) is 19.6 Å². The summed E-state index contributed by atoms with van der Waals surface area (Å²) in [5.41, 5.74) is 0.313. The van der Waals surface area contributed by atoms with Crippen LogP contribution in [0.1, 0.15) is 15.9 Å². The Balaban J connectivity index is 1.63. The molecule has 0 atom stereocenters.